The van der Waals surface area contributed by atoms with Gasteiger partial charge in [0.2, 0.25) is 5.91 Å². The number of carbonyl (C=O) groups excluding carboxylic acids is 2. The summed E-state index contributed by atoms with van der Waals surface area (Å²) in [5.41, 5.74) is 5.88. The van der Waals surface area contributed by atoms with E-state index >= 15 is 0 Å². The van der Waals surface area contributed by atoms with Crippen LogP contribution in [0.4, 0.5) is 0 Å². The molecule has 0 unspecified atom stereocenters. The van der Waals surface area contributed by atoms with E-state index in [-0.39, 0.29) is 31.2 Å². The van der Waals surface area contributed by atoms with Crippen molar-refractivity contribution in [3.8, 4) is 0 Å². The first-order valence-corrected chi connectivity index (χ1v) is 9.69. The molecule has 0 radical (unpaired) electrons. The number of aliphatic hydroxyl groups excluding tert-OH is 1. The van der Waals surface area contributed by atoms with Crippen LogP contribution in [0.25, 0.3) is 0 Å². The zero-order valence-corrected chi connectivity index (χ0v) is 16.1. The number of hydrogen-bond donors (Lipinski definition) is 3. The molecule has 0 aromatic carbocycles. The average molecular weight is 377 g/mol. The van der Waals surface area contributed by atoms with Crippen molar-refractivity contribution in [1.29, 1.82) is 0 Å². The highest BCUT2D eigenvalue weighted by Crippen LogP contribution is 2.11. The van der Waals surface area contributed by atoms with E-state index in [1.807, 2.05) is 0 Å². The van der Waals surface area contributed by atoms with E-state index in [1.165, 1.54) is 18.7 Å². The highest BCUT2D eigenvalue weighted by Gasteiger charge is 2.16. The maximum Gasteiger partial charge on any atom is 0.302 e. The van der Waals surface area contributed by atoms with Crippen LogP contribution in [-0.4, -0.2) is 60.4 Å². The van der Waals surface area contributed by atoms with Crippen molar-refractivity contribution in [2.24, 2.45) is 5.73 Å². The van der Waals surface area contributed by atoms with E-state index in [9.17, 15) is 9.59 Å². The number of nitrogens with two attached hydrogens (primary N) is 1. The molecular weight excluding hydrogens is 344 g/mol. The van der Waals surface area contributed by atoms with Gasteiger partial charge in [-0.15, -0.1) is 0 Å². The van der Waals surface area contributed by atoms with Crippen molar-refractivity contribution in [3.05, 3.63) is 12.3 Å². The van der Waals surface area contributed by atoms with Crippen molar-refractivity contribution in [2.45, 2.75) is 51.7 Å². The second-order valence-corrected chi connectivity index (χ2v) is 6.89. The van der Waals surface area contributed by atoms with Gasteiger partial charge in [0.25, 0.3) is 0 Å². The molecule has 146 valence electrons. The van der Waals surface area contributed by atoms with Crippen LogP contribution >= 0.6 is 11.8 Å². The van der Waals surface area contributed by atoms with Crippen molar-refractivity contribution >= 4 is 23.6 Å². The molecule has 0 bridgehead atoms. The van der Waals surface area contributed by atoms with E-state index in [2.05, 4.69) is 11.9 Å². The third-order valence-electron chi connectivity index (χ3n) is 3.16. The lowest BCUT2D eigenvalue weighted by atomic mass is 10.2. The number of hydrogen-bond acceptors (Lipinski definition) is 7. The molecule has 0 saturated heterocycles. The molecule has 0 aliphatic heterocycles. The standard InChI is InChI=1S/C17H32N2O5S/c1-13(2)24-15(10-23-14(3)21)11-25-12-16(18)17(22)19-8-6-4-5-7-9-20/h15-16,20H,1,4-12,18H2,2-3H3,(H,19,22)/t15-,16+/m1/s1. The Morgan fingerprint density at radius 2 is 1.88 bits per heavy atom. The topological polar surface area (TPSA) is 111 Å². The Bertz CT molecular complexity index is 406. The summed E-state index contributed by atoms with van der Waals surface area (Å²) in [4.78, 5) is 22.8. The highest BCUT2D eigenvalue weighted by molar-refractivity contribution is 7.99. The molecule has 7 nitrogen and oxygen atoms in total. The maximum absolute atomic E-state index is 11.9. The van der Waals surface area contributed by atoms with Crippen LogP contribution in [-0.2, 0) is 19.1 Å². The number of carbonyl (C=O) groups is 2. The fraction of sp³-hybridized carbons (Fsp3) is 0.765. The SMILES string of the molecule is C=C(C)O[C@H](COC(C)=O)CSC[C@H](N)C(=O)NCCCCCCO. The van der Waals surface area contributed by atoms with E-state index in [0.717, 1.165) is 25.7 Å². The van der Waals surface area contributed by atoms with E-state index in [4.69, 9.17) is 20.3 Å². The molecule has 8 heteroatoms. The lowest BCUT2D eigenvalue weighted by molar-refractivity contribution is -0.143. The first-order chi connectivity index (χ1) is 11.9. The number of nitrogens with one attached hydrogen (secondary N) is 1. The number of aliphatic hydroxyl groups is 1. The van der Waals surface area contributed by atoms with Gasteiger partial charge in [0.15, 0.2) is 0 Å². The lowest BCUT2D eigenvalue weighted by Gasteiger charge is -2.19. The molecular formula is C17H32N2O5S. The second kappa shape index (κ2) is 15.0. The Kier molecular flexibility index (Phi) is 14.3. The minimum absolute atomic E-state index is 0.143. The summed E-state index contributed by atoms with van der Waals surface area (Å²) in [6.07, 6.45) is 3.29. The number of allylic oxidation sites excluding steroid dienone is 1. The van der Waals surface area contributed by atoms with Gasteiger partial charge in [-0.3, -0.25) is 9.59 Å². The molecule has 0 aliphatic rings. The van der Waals surface area contributed by atoms with Crippen LogP contribution < -0.4 is 11.1 Å². The molecule has 0 aliphatic carbocycles. The minimum atomic E-state index is -0.596. The number of unbranched alkanes of at least 4 members (excludes halogenated alkanes) is 3. The summed E-state index contributed by atoms with van der Waals surface area (Å²) in [6, 6.07) is -0.596. The zero-order valence-electron chi connectivity index (χ0n) is 15.3. The van der Waals surface area contributed by atoms with Gasteiger partial charge in [0.05, 0.1) is 11.8 Å². The van der Waals surface area contributed by atoms with Gasteiger partial charge in [-0.25, -0.2) is 0 Å². The largest absolute Gasteiger partial charge is 0.491 e. The van der Waals surface area contributed by atoms with E-state index < -0.39 is 6.04 Å². The van der Waals surface area contributed by atoms with Crippen molar-refractivity contribution < 1.29 is 24.2 Å². The Labute approximate surface area is 154 Å². The van der Waals surface area contributed by atoms with Crippen molar-refractivity contribution in [2.75, 3.05) is 31.3 Å². The summed E-state index contributed by atoms with van der Waals surface area (Å²) in [6.45, 7) is 7.70. The normalized spacial score (nSPS) is 13.0. The van der Waals surface area contributed by atoms with Gasteiger partial charge < -0.3 is 25.6 Å². The minimum Gasteiger partial charge on any atom is -0.491 e. The highest BCUT2D eigenvalue weighted by atomic mass is 32.2. The van der Waals surface area contributed by atoms with Gasteiger partial charge in [-0.1, -0.05) is 19.4 Å². The smallest absolute Gasteiger partial charge is 0.302 e. The Hall–Kier alpha value is -1.25. The summed E-state index contributed by atoms with van der Waals surface area (Å²) in [5, 5.41) is 11.5. The molecule has 0 saturated carbocycles. The van der Waals surface area contributed by atoms with Crippen LogP contribution in [0.15, 0.2) is 12.3 Å². The van der Waals surface area contributed by atoms with E-state index in [1.54, 1.807) is 6.92 Å². The van der Waals surface area contributed by atoms with Crippen LogP contribution in [0.1, 0.15) is 39.5 Å². The second-order valence-electron chi connectivity index (χ2n) is 5.82. The molecule has 0 aromatic rings. The molecule has 0 heterocycles. The fourth-order valence-corrected chi connectivity index (χ4v) is 2.91. The average Bonchev–Trinajstić information content (AvgIpc) is 2.54. The Balaban J connectivity index is 3.94. The van der Waals surface area contributed by atoms with Crippen molar-refractivity contribution in [3.63, 3.8) is 0 Å². The third kappa shape index (κ3) is 14.8. The van der Waals surface area contributed by atoms with Crippen LogP contribution in [0.3, 0.4) is 0 Å². The monoisotopic (exact) mass is 376 g/mol. The van der Waals surface area contributed by atoms with Crippen molar-refractivity contribution in [1.82, 2.24) is 5.32 Å². The lowest BCUT2D eigenvalue weighted by Crippen LogP contribution is -2.42. The number of esters is 1. The van der Waals surface area contributed by atoms with Gasteiger partial charge in [0, 0.05) is 31.6 Å². The number of amides is 1. The molecule has 4 N–H and O–H groups in total. The first-order valence-electron chi connectivity index (χ1n) is 8.54. The number of thioether (sulfide) groups is 1. The van der Waals surface area contributed by atoms with Crippen LogP contribution in [0.2, 0.25) is 0 Å². The molecule has 1 amide bonds. The zero-order chi connectivity index (χ0) is 19.1. The number of rotatable bonds is 15. The Morgan fingerprint density at radius 3 is 2.48 bits per heavy atom. The van der Waals surface area contributed by atoms with Crippen LogP contribution in [0, 0.1) is 0 Å². The molecule has 2 atom stereocenters. The summed E-state index contributed by atoms with van der Waals surface area (Å²) in [7, 11) is 0. The third-order valence-corrected chi connectivity index (χ3v) is 4.36. The van der Waals surface area contributed by atoms with Gasteiger partial charge in [-0.05, 0) is 19.8 Å². The van der Waals surface area contributed by atoms with E-state index in [0.29, 0.717) is 23.8 Å². The first kappa shape index (κ1) is 23.8. The molecule has 0 aromatic heterocycles. The predicted octanol–water partition coefficient (Wildman–Crippen LogP) is 1.20. The maximum atomic E-state index is 11.9. The number of ether oxygens (including phenoxy) is 2. The molecule has 25 heavy (non-hydrogen) atoms. The summed E-state index contributed by atoms with van der Waals surface area (Å²) >= 11 is 1.47. The summed E-state index contributed by atoms with van der Waals surface area (Å²) in [5.74, 6) is 0.998. The van der Waals surface area contributed by atoms with Gasteiger partial charge in [0.1, 0.15) is 12.7 Å². The fourth-order valence-electron chi connectivity index (χ4n) is 1.95. The molecule has 0 spiro atoms. The quantitative estimate of drug-likeness (QED) is 0.224. The van der Waals surface area contributed by atoms with Gasteiger partial charge >= 0.3 is 5.97 Å². The Morgan fingerprint density at radius 1 is 1.20 bits per heavy atom. The molecule has 0 fully saturated rings. The molecule has 0 rings (SSSR count). The van der Waals surface area contributed by atoms with Gasteiger partial charge in [-0.2, -0.15) is 11.8 Å². The summed E-state index contributed by atoms with van der Waals surface area (Å²) < 4.78 is 10.5. The predicted molar refractivity (Wildman–Crippen MR) is 100 cm³/mol. The van der Waals surface area contributed by atoms with Crippen LogP contribution in [0.5, 0.6) is 0 Å².